The number of aromatic nitrogens is 3. The van der Waals surface area contributed by atoms with E-state index in [0.717, 1.165) is 60.5 Å². The van der Waals surface area contributed by atoms with Gasteiger partial charge in [-0.15, -0.1) is 0 Å². The van der Waals surface area contributed by atoms with Gasteiger partial charge in [-0.25, -0.2) is 15.0 Å². The lowest BCUT2D eigenvalue weighted by Crippen LogP contribution is -2.00. The first-order chi connectivity index (χ1) is 29.2. The van der Waals surface area contributed by atoms with Crippen LogP contribution >= 0.6 is 0 Å². The first-order valence-corrected chi connectivity index (χ1v) is 19.9. The van der Waals surface area contributed by atoms with E-state index in [1.165, 1.54) is 43.4 Å². The minimum Gasteiger partial charge on any atom is -0.455 e. The first-order valence-electron chi connectivity index (χ1n) is 19.9. The minimum atomic E-state index is 0.628. The van der Waals surface area contributed by atoms with E-state index in [-0.39, 0.29) is 0 Å². The van der Waals surface area contributed by atoms with Crippen LogP contribution in [0.3, 0.4) is 0 Å². The summed E-state index contributed by atoms with van der Waals surface area (Å²) in [6, 6.07) is 70.6. The second-order valence-corrected chi connectivity index (χ2v) is 15.1. The number of rotatable bonds is 5. The van der Waals surface area contributed by atoms with Gasteiger partial charge < -0.3 is 4.42 Å². The molecular weight excluding hydrogens is 719 g/mol. The molecule has 4 heteroatoms. The van der Waals surface area contributed by atoms with Gasteiger partial charge in [0.05, 0.1) is 0 Å². The predicted octanol–water partition coefficient (Wildman–Crippen LogP) is 14.7. The number of furan rings is 1. The van der Waals surface area contributed by atoms with E-state index < -0.39 is 0 Å². The second kappa shape index (κ2) is 13.3. The molecule has 2 heterocycles. The highest BCUT2D eigenvalue weighted by Gasteiger charge is 2.19. The Hall–Kier alpha value is -7.95. The van der Waals surface area contributed by atoms with Gasteiger partial charge in [0.2, 0.25) is 0 Å². The third-order valence-corrected chi connectivity index (χ3v) is 11.7. The summed E-state index contributed by atoms with van der Waals surface area (Å²) in [5, 5.41) is 12.0. The summed E-state index contributed by atoms with van der Waals surface area (Å²) in [5.74, 6) is 1.91. The Labute approximate surface area is 339 Å². The normalized spacial score (nSPS) is 11.7. The van der Waals surface area contributed by atoms with Crippen molar-refractivity contribution >= 4 is 65.0 Å². The van der Waals surface area contributed by atoms with E-state index in [4.69, 9.17) is 19.4 Å². The van der Waals surface area contributed by atoms with Crippen LogP contribution in [0.15, 0.2) is 205 Å². The molecule has 12 rings (SSSR count). The van der Waals surface area contributed by atoms with Crippen molar-refractivity contribution in [2.45, 2.75) is 0 Å². The average molecular weight is 752 g/mol. The van der Waals surface area contributed by atoms with E-state index in [1.807, 2.05) is 60.7 Å². The lowest BCUT2D eigenvalue weighted by atomic mass is 9.91. The van der Waals surface area contributed by atoms with Crippen molar-refractivity contribution in [1.82, 2.24) is 15.0 Å². The van der Waals surface area contributed by atoms with E-state index >= 15 is 0 Å². The summed E-state index contributed by atoms with van der Waals surface area (Å²) in [6.45, 7) is 0. The molecule has 0 aliphatic rings. The van der Waals surface area contributed by atoms with Crippen molar-refractivity contribution in [2.75, 3.05) is 0 Å². The highest BCUT2D eigenvalue weighted by molar-refractivity contribution is 6.23. The maximum absolute atomic E-state index is 6.76. The minimum absolute atomic E-state index is 0.628. The summed E-state index contributed by atoms with van der Waals surface area (Å²) in [7, 11) is 0. The third kappa shape index (κ3) is 5.49. The van der Waals surface area contributed by atoms with Crippen molar-refractivity contribution in [1.29, 1.82) is 0 Å². The van der Waals surface area contributed by atoms with Crippen LogP contribution in [-0.4, -0.2) is 15.0 Å². The Balaban J connectivity index is 1.01. The van der Waals surface area contributed by atoms with Crippen molar-refractivity contribution in [3.05, 3.63) is 200 Å². The van der Waals surface area contributed by atoms with Crippen LogP contribution in [-0.2, 0) is 0 Å². The Morgan fingerprint density at radius 1 is 0.288 bits per heavy atom. The Morgan fingerprint density at radius 2 is 0.814 bits per heavy atom. The van der Waals surface area contributed by atoms with Gasteiger partial charge in [0.25, 0.3) is 0 Å². The van der Waals surface area contributed by atoms with Crippen molar-refractivity contribution < 1.29 is 4.42 Å². The highest BCUT2D eigenvalue weighted by atomic mass is 16.3. The van der Waals surface area contributed by atoms with Gasteiger partial charge in [0.1, 0.15) is 11.2 Å². The molecule has 4 nitrogen and oxygen atoms in total. The molecule has 59 heavy (non-hydrogen) atoms. The molecule has 0 atom stereocenters. The van der Waals surface area contributed by atoms with Gasteiger partial charge in [-0.1, -0.05) is 182 Å². The maximum Gasteiger partial charge on any atom is 0.164 e. The molecule has 0 amide bonds. The van der Waals surface area contributed by atoms with Crippen LogP contribution in [0.25, 0.3) is 121 Å². The average Bonchev–Trinajstić information content (AvgIpc) is 3.71. The number of hydrogen-bond donors (Lipinski definition) is 0. The van der Waals surface area contributed by atoms with E-state index in [0.29, 0.717) is 17.5 Å². The molecule has 0 bridgehead atoms. The Bertz CT molecular complexity index is 3540. The molecule has 0 aliphatic heterocycles. The largest absolute Gasteiger partial charge is 0.455 e. The molecule has 274 valence electrons. The van der Waals surface area contributed by atoms with Crippen molar-refractivity contribution in [3.63, 3.8) is 0 Å². The molecule has 0 N–H and O–H groups in total. The fourth-order valence-corrected chi connectivity index (χ4v) is 8.85. The van der Waals surface area contributed by atoms with Crippen LogP contribution in [0.4, 0.5) is 0 Å². The van der Waals surface area contributed by atoms with Crippen LogP contribution in [0.2, 0.25) is 0 Å². The zero-order valence-electron chi connectivity index (χ0n) is 31.8. The fourth-order valence-electron chi connectivity index (χ4n) is 8.85. The molecule has 2 aromatic heterocycles. The van der Waals surface area contributed by atoms with Crippen LogP contribution < -0.4 is 0 Å². The lowest BCUT2D eigenvalue weighted by molar-refractivity contribution is 0.673. The molecule has 0 fully saturated rings. The Morgan fingerprint density at radius 3 is 1.51 bits per heavy atom. The second-order valence-electron chi connectivity index (χ2n) is 15.1. The van der Waals surface area contributed by atoms with Crippen LogP contribution in [0, 0.1) is 0 Å². The zero-order valence-corrected chi connectivity index (χ0v) is 31.8. The van der Waals surface area contributed by atoms with Gasteiger partial charge >= 0.3 is 0 Å². The molecule has 0 spiro atoms. The molecule has 10 aromatic carbocycles. The van der Waals surface area contributed by atoms with Crippen molar-refractivity contribution in [2.24, 2.45) is 0 Å². The first kappa shape index (κ1) is 33.2. The summed E-state index contributed by atoms with van der Waals surface area (Å²) in [5.41, 5.74) is 9.11. The standard InChI is InChI=1S/C55H33N3O/c1-3-13-37(14-4-1)53-56-54(38-15-5-2-6-16-38)58-55(57-53)39-25-22-35(23-26-39)42-20-11-21-50-51(42)49-33-48(43-18-9-10-19-46(43)52(49)59-50)40-27-24-36-29-30-44-41-17-8-7-12-34(41)28-31-45(44)47(36)32-40/h1-33H. The quantitative estimate of drug-likeness (QED) is 0.164. The number of nitrogens with zero attached hydrogens (tertiary/aromatic N) is 3. The van der Waals surface area contributed by atoms with Gasteiger partial charge in [-0.05, 0) is 78.2 Å². The van der Waals surface area contributed by atoms with Gasteiger partial charge in [-0.3, -0.25) is 0 Å². The highest BCUT2D eigenvalue weighted by Crippen LogP contribution is 2.44. The molecule has 0 saturated heterocycles. The van der Waals surface area contributed by atoms with Gasteiger partial charge in [-0.2, -0.15) is 0 Å². The molecule has 0 aliphatic carbocycles. The molecule has 0 saturated carbocycles. The molecule has 12 aromatic rings. The lowest BCUT2D eigenvalue weighted by Gasteiger charge is -2.12. The zero-order chi connectivity index (χ0) is 38.9. The Kier molecular flexibility index (Phi) is 7.50. The number of fused-ring (bicyclic) bond motifs is 10. The van der Waals surface area contributed by atoms with E-state index in [1.54, 1.807) is 0 Å². The number of benzene rings is 10. The maximum atomic E-state index is 6.76. The summed E-state index contributed by atoms with van der Waals surface area (Å²) in [6.07, 6.45) is 0. The molecule has 0 unspecified atom stereocenters. The predicted molar refractivity (Wildman–Crippen MR) is 244 cm³/mol. The monoisotopic (exact) mass is 751 g/mol. The number of hydrogen-bond acceptors (Lipinski definition) is 4. The van der Waals surface area contributed by atoms with Gasteiger partial charge in [0, 0.05) is 32.8 Å². The van der Waals surface area contributed by atoms with Crippen LogP contribution in [0.1, 0.15) is 0 Å². The molecular formula is C55H33N3O. The topological polar surface area (TPSA) is 51.8 Å². The van der Waals surface area contributed by atoms with E-state index in [2.05, 4.69) is 140 Å². The van der Waals surface area contributed by atoms with E-state index in [9.17, 15) is 0 Å². The summed E-state index contributed by atoms with van der Waals surface area (Å²) in [4.78, 5) is 14.8. The fraction of sp³-hybridized carbons (Fsp3) is 0. The summed E-state index contributed by atoms with van der Waals surface area (Å²) < 4.78 is 6.76. The van der Waals surface area contributed by atoms with Gasteiger partial charge in [0.15, 0.2) is 17.5 Å². The molecule has 0 radical (unpaired) electrons. The van der Waals surface area contributed by atoms with Crippen LogP contribution in [0.5, 0.6) is 0 Å². The third-order valence-electron chi connectivity index (χ3n) is 11.7. The SMILES string of the molecule is c1ccc(-c2nc(-c3ccccc3)nc(-c3ccc(-c4cccc5oc6c7ccccc7c(-c7ccc8ccc9c%10ccccc%10ccc9c8c7)cc6c45)cc3)n2)cc1. The van der Waals surface area contributed by atoms with Crippen molar-refractivity contribution in [3.8, 4) is 56.4 Å². The smallest absolute Gasteiger partial charge is 0.164 e. The summed E-state index contributed by atoms with van der Waals surface area (Å²) >= 11 is 0.